The molecule has 0 radical (unpaired) electrons. The van der Waals surface area contributed by atoms with Crippen LogP contribution in [0.25, 0.3) is 0 Å². The molecule has 100 valence electrons. The van der Waals surface area contributed by atoms with Gasteiger partial charge in [0.2, 0.25) is 0 Å². The van der Waals surface area contributed by atoms with Gasteiger partial charge in [-0.1, -0.05) is 6.07 Å². The Bertz CT molecular complexity index is 346. The highest BCUT2D eigenvalue weighted by atomic mass is 15.2. The second-order valence-corrected chi connectivity index (χ2v) is 5.24. The maximum atomic E-state index is 5.96. The van der Waals surface area contributed by atoms with E-state index in [0.29, 0.717) is 12.6 Å². The average Bonchev–Trinajstić information content (AvgIpc) is 2.41. The van der Waals surface area contributed by atoms with Gasteiger partial charge in [-0.3, -0.25) is 9.88 Å². The third-order valence-corrected chi connectivity index (χ3v) is 4.05. The maximum absolute atomic E-state index is 5.96. The Kier molecular flexibility index (Phi) is 4.69. The van der Waals surface area contributed by atoms with Crippen molar-refractivity contribution in [2.24, 2.45) is 5.73 Å². The van der Waals surface area contributed by atoms with Gasteiger partial charge in [0.1, 0.15) is 0 Å². The number of nitrogens with zero attached hydrogens (tertiary/aromatic N) is 3. The summed E-state index contributed by atoms with van der Waals surface area (Å²) < 4.78 is 0. The monoisotopic (exact) mass is 248 g/mol. The fraction of sp³-hybridized carbons (Fsp3) is 0.643. The predicted octanol–water partition coefficient (Wildman–Crippen LogP) is 1.11. The molecule has 0 amide bonds. The van der Waals surface area contributed by atoms with Crippen molar-refractivity contribution in [2.75, 3.05) is 33.7 Å². The molecule has 0 aliphatic carbocycles. The normalized spacial score (nSPS) is 20.2. The molecule has 0 bridgehead atoms. The number of nitrogens with two attached hydrogens (primary N) is 1. The van der Waals surface area contributed by atoms with Crippen molar-refractivity contribution >= 4 is 0 Å². The molecule has 1 saturated heterocycles. The van der Waals surface area contributed by atoms with Gasteiger partial charge in [-0.2, -0.15) is 0 Å². The minimum Gasteiger partial charge on any atom is -0.329 e. The van der Waals surface area contributed by atoms with Crippen molar-refractivity contribution in [1.82, 2.24) is 14.8 Å². The molecule has 4 nitrogen and oxygen atoms in total. The van der Waals surface area contributed by atoms with Crippen LogP contribution in [0.3, 0.4) is 0 Å². The standard InChI is InChI=1S/C14H24N4/c1-17-8-5-13(6-9-17)18(2)14(10-15)12-4-3-7-16-11-12/h3-4,7,11,13-14H,5-6,8-10,15H2,1-2H3. The summed E-state index contributed by atoms with van der Waals surface area (Å²) in [5.74, 6) is 0. The summed E-state index contributed by atoms with van der Waals surface area (Å²) in [6.45, 7) is 3.01. The highest BCUT2D eigenvalue weighted by Crippen LogP contribution is 2.24. The first-order valence-corrected chi connectivity index (χ1v) is 6.73. The lowest BCUT2D eigenvalue weighted by molar-refractivity contribution is 0.109. The van der Waals surface area contributed by atoms with Crippen LogP contribution in [0.2, 0.25) is 0 Å². The highest BCUT2D eigenvalue weighted by Gasteiger charge is 2.26. The minimum atomic E-state index is 0.284. The molecular weight excluding hydrogens is 224 g/mol. The van der Waals surface area contributed by atoms with E-state index in [-0.39, 0.29) is 6.04 Å². The lowest BCUT2D eigenvalue weighted by Gasteiger charge is -2.39. The summed E-state index contributed by atoms with van der Waals surface area (Å²) in [6.07, 6.45) is 6.20. The minimum absolute atomic E-state index is 0.284. The third-order valence-electron chi connectivity index (χ3n) is 4.05. The Morgan fingerprint density at radius 3 is 2.78 bits per heavy atom. The molecule has 4 heteroatoms. The highest BCUT2D eigenvalue weighted by molar-refractivity contribution is 5.14. The zero-order chi connectivity index (χ0) is 13.0. The van der Waals surface area contributed by atoms with Gasteiger partial charge in [0.25, 0.3) is 0 Å². The van der Waals surface area contributed by atoms with E-state index in [4.69, 9.17) is 5.73 Å². The van der Waals surface area contributed by atoms with Crippen molar-refractivity contribution in [3.8, 4) is 0 Å². The van der Waals surface area contributed by atoms with E-state index in [9.17, 15) is 0 Å². The molecule has 2 N–H and O–H groups in total. The Labute approximate surface area is 110 Å². The van der Waals surface area contributed by atoms with Gasteiger partial charge in [-0.15, -0.1) is 0 Å². The van der Waals surface area contributed by atoms with Gasteiger partial charge in [0, 0.05) is 31.0 Å². The number of likely N-dealkylation sites (N-methyl/N-ethyl adjacent to an activating group) is 1. The number of hydrogen-bond donors (Lipinski definition) is 1. The summed E-state index contributed by atoms with van der Waals surface area (Å²) in [5, 5.41) is 0. The van der Waals surface area contributed by atoms with Gasteiger partial charge in [0.15, 0.2) is 0 Å². The van der Waals surface area contributed by atoms with Crippen molar-refractivity contribution < 1.29 is 0 Å². The van der Waals surface area contributed by atoms with Crippen LogP contribution in [0.5, 0.6) is 0 Å². The van der Waals surface area contributed by atoms with Crippen LogP contribution in [0.15, 0.2) is 24.5 Å². The van der Waals surface area contributed by atoms with E-state index < -0.39 is 0 Å². The number of rotatable bonds is 4. The summed E-state index contributed by atoms with van der Waals surface area (Å²) in [4.78, 5) is 9.03. The summed E-state index contributed by atoms with van der Waals surface area (Å²) in [5.41, 5.74) is 7.18. The van der Waals surface area contributed by atoms with Crippen molar-refractivity contribution in [3.05, 3.63) is 30.1 Å². The Morgan fingerprint density at radius 1 is 1.50 bits per heavy atom. The molecule has 0 aromatic carbocycles. The second-order valence-electron chi connectivity index (χ2n) is 5.24. The van der Waals surface area contributed by atoms with Crippen LogP contribution >= 0.6 is 0 Å². The van der Waals surface area contributed by atoms with Crippen LogP contribution < -0.4 is 5.73 Å². The van der Waals surface area contributed by atoms with Gasteiger partial charge >= 0.3 is 0 Å². The molecule has 1 atom stereocenters. The second kappa shape index (κ2) is 6.27. The van der Waals surface area contributed by atoms with Crippen LogP contribution in [-0.2, 0) is 0 Å². The van der Waals surface area contributed by atoms with Gasteiger partial charge in [-0.05, 0) is 51.7 Å². The Hall–Kier alpha value is -0.970. The number of aromatic nitrogens is 1. The SMILES string of the molecule is CN1CCC(N(C)C(CN)c2cccnc2)CC1. The molecular formula is C14H24N4. The fourth-order valence-electron chi connectivity index (χ4n) is 2.77. The van der Waals surface area contributed by atoms with E-state index in [1.54, 1.807) is 0 Å². The number of likely N-dealkylation sites (tertiary alicyclic amines) is 1. The van der Waals surface area contributed by atoms with Crippen molar-refractivity contribution in [1.29, 1.82) is 0 Å². The summed E-state index contributed by atoms with van der Waals surface area (Å²) in [7, 11) is 4.39. The first kappa shape index (κ1) is 13.5. The molecule has 1 fully saturated rings. The topological polar surface area (TPSA) is 45.4 Å². The average molecular weight is 248 g/mol. The molecule has 0 spiro atoms. The lowest BCUT2D eigenvalue weighted by Crippen LogP contribution is -2.45. The van der Waals surface area contributed by atoms with E-state index in [1.807, 2.05) is 18.5 Å². The van der Waals surface area contributed by atoms with Crippen LogP contribution in [-0.4, -0.2) is 54.6 Å². The zero-order valence-electron chi connectivity index (χ0n) is 11.4. The fourth-order valence-corrected chi connectivity index (χ4v) is 2.77. The first-order valence-electron chi connectivity index (χ1n) is 6.73. The van der Waals surface area contributed by atoms with Gasteiger partial charge in [-0.25, -0.2) is 0 Å². The number of piperidine rings is 1. The van der Waals surface area contributed by atoms with Crippen LogP contribution in [0.1, 0.15) is 24.4 Å². The smallest absolute Gasteiger partial charge is 0.0485 e. The molecule has 2 rings (SSSR count). The van der Waals surface area contributed by atoms with Crippen LogP contribution in [0, 0.1) is 0 Å². The number of pyridine rings is 1. The molecule has 1 aliphatic heterocycles. The quantitative estimate of drug-likeness (QED) is 0.867. The molecule has 2 heterocycles. The zero-order valence-corrected chi connectivity index (χ0v) is 11.4. The maximum Gasteiger partial charge on any atom is 0.0485 e. The summed E-state index contributed by atoms with van der Waals surface area (Å²) >= 11 is 0. The van der Waals surface area contributed by atoms with Crippen LogP contribution in [0.4, 0.5) is 0 Å². The molecule has 18 heavy (non-hydrogen) atoms. The first-order chi connectivity index (χ1) is 8.72. The van der Waals surface area contributed by atoms with E-state index in [0.717, 1.165) is 0 Å². The van der Waals surface area contributed by atoms with E-state index in [1.165, 1.54) is 31.5 Å². The molecule has 1 aromatic rings. The van der Waals surface area contributed by atoms with Gasteiger partial charge in [0.05, 0.1) is 0 Å². The summed E-state index contributed by atoms with van der Waals surface area (Å²) in [6, 6.07) is 5.03. The molecule has 0 saturated carbocycles. The largest absolute Gasteiger partial charge is 0.329 e. The third kappa shape index (κ3) is 3.07. The van der Waals surface area contributed by atoms with Crippen molar-refractivity contribution in [2.45, 2.75) is 24.9 Å². The number of hydrogen-bond acceptors (Lipinski definition) is 4. The molecule has 1 unspecified atom stereocenters. The lowest BCUT2D eigenvalue weighted by atomic mass is 9.99. The molecule has 1 aliphatic rings. The van der Waals surface area contributed by atoms with E-state index in [2.05, 4.69) is 34.9 Å². The predicted molar refractivity (Wildman–Crippen MR) is 74.3 cm³/mol. The molecule has 1 aromatic heterocycles. The van der Waals surface area contributed by atoms with E-state index >= 15 is 0 Å². The Morgan fingerprint density at radius 2 is 2.22 bits per heavy atom. The Balaban J connectivity index is 2.04. The van der Waals surface area contributed by atoms with Gasteiger partial charge < -0.3 is 10.6 Å². The van der Waals surface area contributed by atoms with Crippen molar-refractivity contribution in [3.63, 3.8) is 0 Å².